The minimum absolute atomic E-state index is 0.0353. The Morgan fingerprint density at radius 2 is 1.89 bits per heavy atom. The van der Waals surface area contributed by atoms with Gasteiger partial charge in [-0.15, -0.1) is 6.58 Å². The molecule has 0 radical (unpaired) electrons. The predicted octanol–water partition coefficient (Wildman–Crippen LogP) is 0.0257. The summed E-state index contributed by atoms with van der Waals surface area (Å²) in [4.78, 5) is 45.6. The molecule has 0 aliphatic carbocycles. The summed E-state index contributed by atoms with van der Waals surface area (Å²) in [7, 11) is 0. The zero-order valence-corrected chi connectivity index (χ0v) is 9.86. The number of carboxylic acid groups (broad SMARTS) is 1. The molecule has 98 valence electrons. The van der Waals surface area contributed by atoms with Crippen LogP contribution in [0.5, 0.6) is 0 Å². The highest BCUT2D eigenvalue weighted by Crippen LogP contribution is 2.36. The van der Waals surface area contributed by atoms with Gasteiger partial charge in [0.2, 0.25) is 11.8 Å². The SMILES string of the molecule is C=CCC1(C(C)CC(=O)O)C(=O)NC(=O)NC1=O. The molecule has 0 aromatic heterocycles. The molecule has 0 aromatic carbocycles. The number of rotatable bonds is 5. The van der Waals surface area contributed by atoms with Crippen molar-refractivity contribution in [3.8, 4) is 0 Å². The van der Waals surface area contributed by atoms with Crippen molar-refractivity contribution in [3.63, 3.8) is 0 Å². The van der Waals surface area contributed by atoms with Crippen molar-refractivity contribution in [2.24, 2.45) is 11.3 Å². The van der Waals surface area contributed by atoms with Gasteiger partial charge in [0.05, 0.1) is 0 Å². The topological polar surface area (TPSA) is 113 Å². The monoisotopic (exact) mass is 254 g/mol. The quantitative estimate of drug-likeness (QED) is 0.473. The van der Waals surface area contributed by atoms with Gasteiger partial charge in [-0.2, -0.15) is 0 Å². The van der Waals surface area contributed by atoms with Crippen molar-refractivity contribution in [1.29, 1.82) is 0 Å². The largest absolute Gasteiger partial charge is 0.481 e. The second-order valence-corrected chi connectivity index (χ2v) is 4.20. The molecule has 7 nitrogen and oxygen atoms in total. The van der Waals surface area contributed by atoms with E-state index >= 15 is 0 Å². The molecular weight excluding hydrogens is 240 g/mol. The smallest absolute Gasteiger partial charge is 0.328 e. The van der Waals surface area contributed by atoms with E-state index in [-0.39, 0.29) is 12.8 Å². The molecule has 1 atom stereocenters. The standard InChI is InChI=1S/C11H14N2O5/c1-3-4-11(6(2)5-7(14)15)8(16)12-10(18)13-9(11)17/h3,6H,1,4-5H2,2H3,(H,14,15)(H2,12,13,16,17,18). The summed E-state index contributed by atoms with van der Waals surface area (Å²) < 4.78 is 0. The Kier molecular flexibility index (Phi) is 3.85. The van der Waals surface area contributed by atoms with E-state index in [1.165, 1.54) is 13.0 Å². The van der Waals surface area contributed by atoms with Gasteiger partial charge in [-0.05, 0) is 12.3 Å². The first-order valence-corrected chi connectivity index (χ1v) is 5.34. The number of carboxylic acids is 1. The highest BCUT2D eigenvalue weighted by Gasteiger charge is 2.53. The van der Waals surface area contributed by atoms with Crippen LogP contribution in [0.2, 0.25) is 0 Å². The lowest BCUT2D eigenvalue weighted by Crippen LogP contribution is -2.64. The van der Waals surface area contributed by atoms with Gasteiger partial charge < -0.3 is 5.11 Å². The number of urea groups is 1. The van der Waals surface area contributed by atoms with E-state index in [0.29, 0.717) is 0 Å². The van der Waals surface area contributed by atoms with Crippen LogP contribution in [0.4, 0.5) is 4.79 Å². The van der Waals surface area contributed by atoms with Crippen LogP contribution in [0.15, 0.2) is 12.7 Å². The number of barbiturate groups is 1. The van der Waals surface area contributed by atoms with Crippen LogP contribution in [0.1, 0.15) is 19.8 Å². The zero-order valence-electron chi connectivity index (χ0n) is 9.86. The number of amides is 4. The van der Waals surface area contributed by atoms with E-state index in [4.69, 9.17) is 5.11 Å². The molecule has 4 amide bonds. The Bertz CT molecular complexity index is 409. The third kappa shape index (κ3) is 2.24. The zero-order chi connectivity index (χ0) is 13.9. The van der Waals surface area contributed by atoms with Crippen LogP contribution >= 0.6 is 0 Å². The third-order valence-electron chi connectivity index (χ3n) is 3.05. The Labute approximate surface area is 103 Å². The average Bonchev–Trinajstić information content (AvgIpc) is 2.22. The number of aliphatic carboxylic acids is 1. The van der Waals surface area contributed by atoms with Crippen LogP contribution in [-0.2, 0) is 14.4 Å². The summed E-state index contributed by atoms with van der Waals surface area (Å²) >= 11 is 0. The maximum atomic E-state index is 11.9. The van der Waals surface area contributed by atoms with Crippen LogP contribution in [0, 0.1) is 11.3 Å². The average molecular weight is 254 g/mol. The van der Waals surface area contributed by atoms with Gasteiger partial charge in [0.15, 0.2) is 0 Å². The van der Waals surface area contributed by atoms with E-state index in [0.717, 1.165) is 0 Å². The van der Waals surface area contributed by atoms with Crippen molar-refractivity contribution >= 4 is 23.8 Å². The molecule has 3 N–H and O–H groups in total. The van der Waals surface area contributed by atoms with Crippen LogP contribution in [0.25, 0.3) is 0 Å². The summed E-state index contributed by atoms with van der Waals surface area (Å²) in [6.45, 7) is 4.94. The molecule has 1 aliphatic rings. The molecule has 1 unspecified atom stereocenters. The molecule has 1 saturated heterocycles. The van der Waals surface area contributed by atoms with Crippen LogP contribution < -0.4 is 10.6 Å². The van der Waals surface area contributed by atoms with Crippen molar-refractivity contribution in [2.45, 2.75) is 19.8 Å². The lowest BCUT2D eigenvalue weighted by molar-refractivity contribution is -0.150. The van der Waals surface area contributed by atoms with Gasteiger partial charge in [-0.1, -0.05) is 13.0 Å². The van der Waals surface area contributed by atoms with E-state index in [9.17, 15) is 19.2 Å². The maximum absolute atomic E-state index is 11.9. The number of carbonyl (C=O) groups is 4. The van der Waals surface area contributed by atoms with Crippen molar-refractivity contribution < 1.29 is 24.3 Å². The lowest BCUT2D eigenvalue weighted by atomic mass is 9.70. The fourth-order valence-corrected chi connectivity index (χ4v) is 2.06. The first kappa shape index (κ1) is 13.9. The second kappa shape index (κ2) is 4.99. The predicted molar refractivity (Wildman–Crippen MR) is 60.3 cm³/mol. The number of allylic oxidation sites excluding steroid dienone is 1. The molecular formula is C11H14N2O5. The van der Waals surface area contributed by atoms with E-state index in [1.807, 2.05) is 10.6 Å². The number of imide groups is 2. The fraction of sp³-hybridized carbons (Fsp3) is 0.455. The fourth-order valence-electron chi connectivity index (χ4n) is 2.06. The van der Waals surface area contributed by atoms with E-state index in [1.54, 1.807) is 0 Å². The minimum Gasteiger partial charge on any atom is -0.481 e. The first-order valence-electron chi connectivity index (χ1n) is 5.34. The first-order chi connectivity index (χ1) is 8.34. The van der Waals surface area contributed by atoms with E-state index in [2.05, 4.69) is 6.58 Å². The summed E-state index contributed by atoms with van der Waals surface area (Å²) in [6, 6.07) is -0.896. The third-order valence-corrected chi connectivity index (χ3v) is 3.05. The number of hydrogen-bond acceptors (Lipinski definition) is 4. The highest BCUT2D eigenvalue weighted by molar-refractivity contribution is 6.19. The van der Waals surface area contributed by atoms with Crippen molar-refractivity contribution in [1.82, 2.24) is 10.6 Å². The summed E-state index contributed by atoms with van der Waals surface area (Å²) in [5.74, 6) is -3.46. The number of carbonyl (C=O) groups excluding carboxylic acids is 3. The molecule has 1 heterocycles. The normalized spacial score (nSPS) is 19.7. The van der Waals surface area contributed by atoms with Gasteiger partial charge >= 0.3 is 12.0 Å². The maximum Gasteiger partial charge on any atom is 0.328 e. The van der Waals surface area contributed by atoms with Crippen molar-refractivity contribution in [3.05, 3.63) is 12.7 Å². The Balaban J connectivity index is 3.15. The molecule has 18 heavy (non-hydrogen) atoms. The molecule has 0 bridgehead atoms. The summed E-state index contributed by atoms with van der Waals surface area (Å²) in [6.07, 6.45) is 0.961. The molecule has 0 spiro atoms. The van der Waals surface area contributed by atoms with E-state index < -0.39 is 35.1 Å². The number of nitrogens with one attached hydrogen (secondary N) is 2. The van der Waals surface area contributed by atoms with Crippen LogP contribution in [0.3, 0.4) is 0 Å². The molecule has 1 fully saturated rings. The van der Waals surface area contributed by atoms with Crippen LogP contribution in [-0.4, -0.2) is 28.9 Å². The van der Waals surface area contributed by atoms with Gasteiger partial charge in [0.25, 0.3) is 0 Å². The minimum atomic E-state index is -1.60. The summed E-state index contributed by atoms with van der Waals surface area (Å²) in [5.41, 5.74) is -1.60. The number of hydrogen-bond donors (Lipinski definition) is 3. The molecule has 1 rings (SSSR count). The lowest BCUT2D eigenvalue weighted by Gasteiger charge is -2.37. The highest BCUT2D eigenvalue weighted by atomic mass is 16.4. The van der Waals surface area contributed by atoms with Gasteiger partial charge in [-0.25, -0.2) is 4.79 Å². The van der Waals surface area contributed by atoms with Gasteiger partial charge in [-0.3, -0.25) is 25.0 Å². The molecule has 7 heteroatoms. The Hall–Kier alpha value is -2.18. The second-order valence-electron chi connectivity index (χ2n) is 4.20. The Morgan fingerprint density at radius 1 is 1.39 bits per heavy atom. The Morgan fingerprint density at radius 3 is 2.28 bits per heavy atom. The van der Waals surface area contributed by atoms with Crippen molar-refractivity contribution in [2.75, 3.05) is 0 Å². The molecule has 0 aromatic rings. The molecule has 1 aliphatic heterocycles. The summed E-state index contributed by atoms with van der Waals surface area (Å²) in [5, 5.41) is 12.7. The van der Waals surface area contributed by atoms with Gasteiger partial charge in [0.1, 0.15) is 5.41 Å². The molecule has 0 saturated carbocycles. The van der Waals surface area contributed by atoms with Gasteiger partial charge in [0, 0.05) is 6.42 Å².